The number of nitriles is 1. The lowest BCUT2D eigenvalue weighted by Gasteiger charge is -2.34. The van der Waals surface area contributed by atoms with Gasteiger partial charge in [0.2, 0.25) is 0 Å². The molecule has 3 nitrogen and oxygen atoms in total. The highest BCUT2D eigenvalue weighted by molar-refractivity contribution is 6.33. The van der Waals surface area contributed by atoms with Gasteiger partial charge in [-0.3, -0.25) is 4.90 Å². The summed E-state index contributed by atoms with van der Waals surface area (Å²) in [6.07, 6.45) is 1.21. The van der Waals surface area contributed by atoms with Gasteiger partial charge in [0, 0.05) is 25.2 Å². The van der Waals surface area contributed by atoms with Gasteiger partial charge in [-0.25, -0.2) is 0 Å². The van der Waals surface area contributed by atoms with Gasteiger partial charge < -0.3 is 4.90 Å². The van der Waals surface area contributed by atoms with Crippen LogP contribution in [-0.2, 0) is 0 Å². The summed E-state index contributed by atoms with van der Waals surface area (Å²) in [5.41, 5.74) is 1.70. The molecule has 0 aromatic heterocycles. The number of rotatable bonds is 1. The lowest BCUT2D eigenvalue weighted by atomic mass is 10.2. The van der Waals surface area contributed by atoms with Crippen molar-refractivity contribution in [3.63, 3.8) is 0 Å². The topological polar surface area (TPSA) is 30.3 Å². The summed E-state index contributed by atoms with van der Waals surface area (Å²) in [7, 11) is 2.18. The second kappa shape index (κ2) is 3.90. The van der Waals surface area contributed by atoms with Crippen LogP contribution in [0.25, 0.3) is 0 Å². The zero-order chi connectivity index (χ0) is 12.0. The van der Waals surface area contributed by atoms with E-state index in [9.17, 15) is 0 Å². The van der Waals surface area contributed by atoms with Crippen LogP contribution < -0.4 is 4.90 Å². The molecule has 1 aromatic rings. The number of hydrogen-bond donors (Lipinski definition) is 0. The van der Waals surface area contributed by atoms with Gasteiger partial charge in [-0.1, -0.05) is 11.6 Å². The summed E-state index contributed by atoms with van der Waals surface area (Å²) in [5, 5.41) is 9.70. The normalized spacial score (nSPS) is 27.5. The molecule has 0 radical (unpaired) electrons. The molecule has 2 saturated heterocycles. The van der Waals surface area contributed by atoms with Gasteiger partial charge in [0.25, 0.3) is 0 Å². The van der Waals surface area contributed by atoms with Crippen LogP contribution in [0.15, 0.2) is 18.2 Å². The van der Waals surface area contributed by atoms with E-state index in [1.807, 2.05) is 12.1 Å². The maximum atomic E-state index is 8.95. The monoisotopic (exact) mass is 247 g/mol. The standard InChI is InChI=1S/C13H14ClN3/c1-16-7-11-5-10(16)8-17(11)13-4-9(6-15)2-3-12(13)14/h2-4,10-11H,5,7-8H2,1H3/t10-,11-/m1/s1. The first-order valence-corrected chi connectivity index (χ1v) is 6.23. The summed E-state index contributed by atoms with van der Waals surface area (Å²) in [6.45, 7) is 2.12. The van der Waals surface area contributed by atoms with E-state index in [1.165, 1.54) is 6.42 Å². The van der Waals surface area contributed by atoms with Crippen molar-refractivity contribution in [3.05, 3.63) is 28.8 Å². The maximum absolute atomic E-state index is 8.95. The first-order valence-electron chi connectivity index (χ1n) is 5.85. The smallest absolute Gasteiger partial charge is 0.0992 e. The van der Waals surface area contributed by atoms with Gasteiger partial charge in [-0.05, 0) is 31.7 Å². The maximum Gasteiger partial charge on any atom is 0.0992 e. The quantitative estimate of drug-likeness (QED) is 0.762. The number of nitrogens with zero attached hydrogens (tertiary/aromatic N) is 3. The molecule has 2 atom stereocenters. The molecule has 2 bridgehead atoms. The fraction of sp³-hybridized carbons (Fsp3) is 0.462. The summed E-state index contributed by atoms with van der Waals surface area (Å²) < 4.78 is 0. The predicted octanol–water partition coefficient (Wildman–Crippen LogP) is 2.10. The van der Waals surface area contributed by atoms with Gasteiger partial charge in [0.15, 0.2) is 0 Å². The van der Waals surface area contributed by atoms with Gasteiger partial charge in [0.05, 0.1) is 22.3 Å². The van der Waals surface area contributed by atoms with E-state index in [2.05, 4.69) is 22.9 Å². The number of benzene rings is 1. The molecule has 0 N–H and O–H groups in total. The highest BCUT2D eigenvalue weighted by Crippen LogP contribution is 2.37. The number of piperazine rings is 1. The third-order valence-corrected chi connectivity index (χ3v) is 4.22. The molecule has 0 saturated carbocycles. The fourth-order valence-corrected chi connectivity index (χ4v) is 3.19. The molecule has 2 fully saturated rings. The Morgan fingerprint density at radius 3 is 2.76 bits per heavy atom. The second-order valence-electron chi connectivity index (χ2n) is 4.91. The van der Waals surface area contributed by atoms with Gasteiger partial charge >= 0.3 is 0 Å². The molecule has 0 unspecified atom stereocenters. The van der Waals surface area contributed by atoms with Crippen molar-refractivity contribution in [2.24, 2.45) is 0 Å². The summed E-state index contributed by atoms with van der Waals surface area (Å²) in [4.78, 5) is 4.76. The van der Waals surface area contributed by atoms with E-state index in [4.69, 9.17) is 16.9 Å². The average Bonchev–Trinajstić information content (AvgIpc) is 2.88. The van der Waals surface area contributed by atoms with E-state index >= 15 is 0 Å². The van der Waals surface area contributed by atoms with Crippen molar-refractivity contribution < 1.29 is 0 Å². The first-order chi connectivity index (χ1) is 8.19. The number of likely N-dealkylation sites (tertiary alicyclic amines) is 1. The van der Waals surface area contributed by atoms with Crippen LogP contribution in [0.1, 0.15) is 12.0 Å². The van der Waals surface area contributed by atoms with Crippen LogP contribution >= 0.6 is 11.6 Å². The van der Waals surface area contributed by atoms with Gasteiger partial charge in [-0.15, -0.1) is 0 Å². The molecular weight excluding hydrogens is 234 g/mol. The Balaban J connectivity index is 1.94. The number of fused-ring (bicyclic) bond motifs is 2. The predicted molar refractivity (Wildman–Crippen MR) is 68.3 cm³/mol. The molecule has 0 spiro atoms. The fourth-order valence-electron chi connectivity index (χ4n) is 2.96. The number of halogens is 1. The molecule has 2 aliphatic heterocycles. The minimum absolute atomic E-state index is 0.552. The Kier molecular flexibility index (Phi) is 2.50. The van der Waals surface area contributed by atoms with Crippen LogP contribution in [0, 0.1) is 11.3 Å². The summed E-state index contributed by atoms with van der Waals surface area (Å²) in [5.74, 6) is 0. The molecule has 4 heteroatoms. The van der Waals surface area contributed by atoms with E-state index < -0.39 is 0 Å². The minimum atomic E-state index is 0.552. The van der Waals surface area contributed by atoms with Crippen LogP contribution in [0.2, 0.25) is 5.02 Å². The Hall–Kier alpha value is -1.24. The molecule has 2 heterocycles. The van der Waals surface area contributed by atoms with Crippen molar-refractivity contribution in [3.8, 4) is 6.07 Å². The Morgan fingerprint density at radius 2 is 2.18 bits per heavy atom. The van der Waals surface area contributed by atoms with Crippen molar-refractivity contribution >= 4 is 17.3 Å². The molecular formula is C13H14ClN3. The van der Waals surface area contributed by atoms with Crippen molar-refractivity contribution in [2.75, 3.05) is 25.0 Å². The number of likely N-dealkylation sites (N-methyl/N-ethyl adjacent to an activating group) is 1. The highest BCUT2D eigenvalue weighted by Gasteiger charge is 2.41. The SMILES string of the molecule is CN1C[C@H]2C[C@@H]1CN2c1cc(C#N)ccc1Cl. The van der Waals surface area contributed by atoms with Crippen molar-refractivity contribution in [1.82, 2.24) is 4.90 Å². The van der Waals surface area contributed by atoms with E-state index in [-0.39, 0.29) is 0 Å². The molecule has 0 aliphatic carbocycles. The number of anilines is 1. The van der Waals surface area contributed by atoms with Crippen LogP contribution in [0.5, 0.6) is 0 Å². The largest absolute Gasteiger partial charge is 0.364 e. The lowest BCUT2D eigenvalue weighted by Crippen LogP contribution is -2.44. The molecule has 2 aliphatic rings. The Bertz CT molecular complexity index is 492. The van der Waals surface area contributed by atoms with Gasteiger partial charge in [0.1, 0.15) is 0 Å². The first kappa shape index (κ1) is 10.9. The van der Waals surface area contributed by atoms with Crippen molar-refractivity contribution in [1.29, 1.82) is 5.26 Å². The third-order valence-electron chi connectivity index (χ3n) is 3.90. The third kappa shape index (κ3) is 1.69. The van der Waals surface area contributed by atoms with Crippen LogP contribution in [0.3, 0.4) is 0 Å². The second-order valence-corrected chi connectivity index (χ2v) is 5.32. The number of hydrogen-bond acceptors (Lipinski definition) is 3. The van der Waals surface area contributed by atoms with Gasteiger partial charge in [-0.2, -0.15) is 5.26 Å². The molecule has 3 rings (SSSR count). The highest BCUT2D eigenvalue weighted by atomic mass is 35.5. The molecule has 0 amide bonds. The van der Waals surface area contributed by atoms with Crippen molar-refractivity contribution in [2.45, 2.75) is 18.5 Å². The summed E-state index contributed by atoms with van der Waals surface area (Å²) >= 11 is 6.24. The molecule has 17 heavy (non-hydrogen) atoms. The zero-order valence-electron chi connectivity index (χ0n) is 9.73. The molecule has 88 valence electrons. The Labute approximate surface area is 106 Å². The van der Waals surface area contributed by atoms with Crippen LogP contribution in [0.4, 0.5) is 5.69 Å². The van der Waals surface area contributed by atoms with E-state index in [0.29, 0.717) is 17.6 Å². The van der Waals surface area contributed by atoms with E-state index in [0.717, 1.165) is 23.8 Å². The zero-order valence-corrected chi connectivity index (χ0v) is 10.5. The average molecular weight is 248 g/mol. The van der Waals surface area contributed by atoms with Crippen LogP contribution in [-0.4, -0.2) is 37.1 Å². The summed E-state index contributed by atoms with van der Waals surface area (Å²) in [6, 6.07) is 8.87. The minimum Gasteiger partial charge on any atom is -0.364 e. The lowest BCUT2D eigenvalue weighted by molar-refractivity contribution is 0.292. The molecule has 1 aromatic carbocycles. The van der Waals surface area contributed by atoms with E-state index in [1.54, 1.807) is 6.07 Å². The Morgan fingerprint density at radius 1 is 1.35 bits per heavy atom.